The fourth-order valence-corrected chi connectivity index (χ4v) is 5.09. The normalized spacial score (nSPS) is 16.4. The second-order valence-corrected chi connectivity index (χ2v) is 9.31. The molecule has 0 saturated carbocycles. The van der Waals surface area contributed by atoms with Crippen LogP contribution in [-0.2, 0) is 13.1 Å². The molecular weight excluding hydrogens is 457 g/mol. The molecule has 0 unspecified atom stereocenters. The van der Waals surface area contributed by atoms with E-state index in [2.05, 4.69) is 4.90 Å². The summed E-state index contributed by atoms with van der Waals surface area (Å²) in [6.07, 6.45) is 2.71. The number of benzene rings is 2. The molecule has 8 nitrogen and oxygen atoms in total. The molecule has 0 N–H and O–H groups in total. The molecule has 3 aromatic rings. The largest absolute Gasteiger partial charge is 0.497 e. The number of fused-ring (bicyclic) bond motifs is 2. The first-order valence-corrected chi connectivity index (χ1v) is 12.3. The Morgan fingerprint density at radius 1 is 1.06 bits per heavy atom. The summed E-state index contributed by atoms with van der Waals surface area (Å²) in [6, 6.07) is 13.0. The lowest BCUT2D eigenvalue weighted by molar-refractivity contribution is 0.112. The van der Waals surface area contributed by atoms with Crippen molar-refractivity contribution in [3.05, 3.63) is 63.9 Å². The lowest BCUT2D eigenvalue weighted by atomic mass is 9.99. The van der Waals surface area contributed by atoms with Crippen LogP contribution < -0.4 is 19.8 Å². The van der Waals surface area contributed by atoms with Crippen molar-refractivity contribution in [3.63, 3.8) is 0 Å². The zero-order valence-electron chi connectivity index (χ0n) is 20.5. The molecule has 186 valence electrons. The standard InChI is InChI=1S/C27H30BN3O5/c1-34-22-15-20(18-32)23-3-5-27(33)30(24(23)16-22)11-10-29-8-6-21(7-9-29)31(28)17-19-2-4-25-26(14-19)36-13-12-35-25/h2-5,14-16,18,21H,6-13,17H2,1H3. The number of rotatable bonds is 8. The van der Waals surface area contributed by atoms with Crippen LogP contribution in [0.15, 0.2) is 47.3 Å². The zero-order valence-corrected chi connectivity index (χ0v) is 20.5. The van der Waals surface area contributed by atoms with Gasteiger partial charge in [0.1, 0.15) is 19.0 Å². The second kappa shape index (κ2) is 10.8. The number of aldehydes is 1. The van der Waals surface area contributed by atoms with Crippen molar-refractivity contribution < 1.29 is 19.0 Å². The number of carbonyl (C=O) groups excluding carboxylic acids is 1. The maximum Gasteiger partial charge on any atom is 0.251 e. The number of ether oxygens (including phenoxy) is 3. The van der Waals surface area contributed by atoms with Crippen molar-refractivity contribution in [1.82, 2.24) is 14.3 Å². The fourth-order valence-electron chi connectivity index (χ4n) is 5.09. The first-order valence-electron chi connectivity index (χ1n) is 12.3. The number of pyridine rings is 1. The van der Waals surface area contributed by atoms with Gasteiger partial charge in [0.15, 0.2) is 25.8 Å². The Labute approximate surface area is 211 Å². The number of aromatic nitrogens is 1. The molecule has 2 aliphatic heterocycles. The summed E-state index contributed by atoms with van der Waals surface area (Å²) in [7, 11) is 8.02. The molecule has 36 heavy (non-hydrogen) atoms. The highest BCUT2D eigenvalue weighted by molar-refractivity contribution is 6.04. The van der Waals surface area contributed by atoms with Gasteiger partial charge in [-0.2, -0.15) is 0 Å². The minimum absolute atomic E-state index is 0.0879. The van der Waals surface area contributed by atoms with Gasteiger partial charge in [-0.1, -0.05) is 6.07 Å². The molecule has 9 heteroatoms. The first kappa shape index (κ1) is 24.4. The molecule has 0 spiro atoms. The predicted octanol–water partition coefficient (Wildman–Crippen LogP) is 2.64. The third-order valence-corrected chi connectivity index (χ3v) is 7.11. The highest BCUT2D eigenvalue weighted by atomic mass is 16.6. The molecule has 1 saturated heterocycles. The topological polar surface area (TPSA) is 73.2 Å². The van der Waals surface area contributed by atoms with E-state index in [1.165, 1.54) is 6.07 Å². The number of likely N-dealkylation sites (tertiary alicyclic amines) is 1. The number of hydrogen-bond donors (Lipinski definition) is 0. The van der Waals surface area contributed by atoms with Gasteiger partial charge >= 0.3 is 0 Å². The Hall–Kier alpha value is -3.30. The van der Waals surface area contributed by atoms with E-state index in [4.69, 9.17) is 22.2 Å². The van der Waals surface area contributed by atoms with Crippen molar-refractivity contribution in [2.45, 2.75) is 32.0 Å². The van der Waals surface area contributed by atoms with Crippen molar-refractivity contribution >= 4 is 25.2 Å². The van der Waals surface area contributed by atoms with E-state index >= 15 is 0 Å². The van der Waals surface area contributed by atoms with Gasteiger partial charge in [-0.15, -0.1) is 0 Å². The summed E-state index contributed by atoms with van der Waals surface area (Å²) in [5.74, 6) is 2.13. The van der Waals surface area contributed by atoms with Crippen LogP contribution in [0, 0.1) is 0 Å². The molecule has 2 radical (unpaired) electrons. The minimum Gasteiger partial charge on any atom is -0.497 e. The third kappa shape index (κ3) is 5.13. The van der Waals surface area contributed by atoms with Crippen LogP contribution in [0.2, 0.25) is 0 Å². The van der Waals surface area contributed by atoms with Gasteiger partial charge < -0.3 is 28.5 Å². The molecule has 3 heterocycles. The van der Waals surface area contributed by atoms with Gasteiger partial charge in [0.05, 0.1) is 12.6 Å². The maximum atomic E-state index is 12.7. The number of hydrogen-bond acceptors (Lipinski definition) is 7. The van der Waals surface area contributed by atoms with Crippen LogP contribution in [0.5, 0.6) is 17.2 Å². The lowest BCUT2D eigenvalue weighted by Gasteiger charge is -2.37. The van der Waals surface area contributed by atoms with Crippen molar-refractivity contribution in [1.29, 1.82) is 0 Å². The summed E-state index contributed by atoms with van der Waals surface area (Å²) in [5.41, 5.74) is 2.24. The Bertz CT molecular complexity index is 1300. The van der Waals surface area contributed by atoms with Gasteiger partial charge in [-0.05, 0) is 55.8 Å². The van der Waals surface area contributed by atoms with E-state index in [1.807, 2.05) is 29.1 Å². The summed E-state index contributed by atoms with van der Waals surface area (Å²) in [4.78, 5) is 28.5. The van der Waals surface area contributed by atoms with Crippen LogP contribution in [0.4, 0.5) is 0 Å². The van der Waals surface area contributed by atoms with E-state index in [0.29, 0.717) is 43.1 Å². The zero-order chi connectivity index (χ0) is 25.1. The minimum atomic E-state index is -0.0879. The summed E-state index contributed by atoms with van der Waals surface area (Å²) in [6.45, 7) is 4.88. The van der Waals surface area contributed by atoms with Crippen LogP contribution >= 0.6 is 0 Å². The van der Waals surface area contributed by atoms with Crippen LogP contribution in [0.25, 0.3) is 10.9 Å². The average Bonchev–Trinajstić information content (AvgIpc) is 2.92. The van der Waals surface area contributed by atoms with Crippen LogP contribution in [0.1, 0.15) is 28.8 Å². The molecule has 0 atom stereocenters. The Kier molecular flexibility index (Phi) is 7.29. The second-order valence-electron chi connectivity index (χ2n) is 9.31. The molecule has 2 aromatic carbocycles. The highest BCUT2D eigenvalue weighted by Gasteiger charge is 2.23. The van der Waals surface area contributed by atoms with Crippen molar-refractivity contribution in [2.24, 2.45) is 0 Å². The molecule has 0 bridgehead atoms. The molecule has 1 aromatic heterocycles. The number of nitrogens with zero attached hydrogens (tertiary/aromatic N) is 3. The third-order valence-electron chi connectivity index (χ3n) is 7.11. The summed E-state index contributed by atoms with van der Waals surface area (Å²) in [5, 5.41) is 0.752. The van der Waals surface area contributed by atoms with Crippen LogP contribution in [-0.4, -0.2) is 74.5 Å². The number of piperidine rings is 1. The van der Waals surface area contributed by atoms with E-state index < -0.39 is 0 Å². The van der Waals surface area contributed by atoms with Gasteiger partial charge in [0, 0.05) is 48.8 Å². The lowest BCUT2D eigenvalue weighted by Crippen LogP contribution is -2.44. The smallest absolute Gasteiger partial charge is 0.251 e. The molecule has 0 amide bonds. The maximum absolute atomic E-state index is 12.7. The van der Waals surface area contributed by atoms with Crippen molar-refractivity contribution in [2.75, 3.05) is 40.0 Å². The molecule has 0 aliphatic carbocycles. The Morgan fingerprint density at radius 2 is 1.83 bits per heavy atom. The quantitative estimate of drug-likeness (QED) is 0.357. The highest BCUT2D eigenvalue weighted by Crippen LogP contribution is 2.31. The van der Waals surface area contributed by atoms with E-state index in [-0.39, 0.29) is 11.6 Å². The Balaban J connectivity index is 1.19. The fraction of sp³-hybridized carbons (Fsp3) is 0.407. The molecule has 5 rings (SSSR count). The average molecular weight is 487 g/mol. The van der Waals surface area contributed by atoms with Crippen molar-refractivity contribution in [3.8, 4) is 17.2 Å². The summed E-state index contributed by atoms with van der Waals surface area (Å²) >= 11 is 0. The molecule has 2 aliphatic rings. The van der Waals surface area contributed by atoms with E-state index in [1.54, 1.807) is 23.8 Å². The van der Waals surface area contributed by atoms with E-state index in [9.17, 15) is 9.59 Å². The Morgan fingerprint density at radius 3 is 2.58 bits per heavy atom. The predicted molar refractivity (Wildman–Crippen MR) is 138 cm³/mol. The summed E-state index contributed by atoms with van der Waals surface area (Å²) < 4.78 is 18.4. The van der Waals surface area contributed by atoms with Crippen LogP contribution in [0.3, 0.4) is 0 Å². The van der Waals surface area contributed by atoms with Gasteiger partial charge in [0.25, 0.3) is 5.56 Å². The van der Waals surface area contributed by atoms with Gasteiger partial charge in [-0.3, -0.25) is 9.59 Å². The molecule has 1 fully saturated rings. The first-order chi connectivity index (χ1) is 17.6. The SMILES string of the molecule is [B]N(Cc1ccc2c(c1)OCCO2)C1CCN(CCn2c(=O)ccc3c(C=O)cc(OC)cc32)CC1. The van der Waals surface area contributed by atoms with Gasteiger partial charge in [-0.25, -0.2) is 0 Å². The number of methoxy groups -OCH3 is 1. The van der Waals surface area contributed by atoms with E-state index in [0.717, 1.165) is 61.2 Å². The number of carbonyl (C=O) groups is 1. The van der Waals surface area contributed by atoms with Gasteiger partial charge in [0.2, 0.25) is 0 Å². The monoisotopic (exact) mass is 487 g/mol. The molecular formula is C27H30BN3O5.